The van der Waals surface area contributed by atoms with Crippen LogP contribution < -0.4 is 20.1 Å². The molecule has 0 aromatic heterocycles. The topological polar surface area (TPSA) is 75.2 Å². The van der Waals surface area contributed by atoms with Crippen molar-refractivity contribution in [3.63, 3.8) is 0 Å². The summed E-state index contributed by atoms with van der Waals surface area (Å²) in [5.74, 6) is 2.54. The van der Waals surface area contributed by atoms with Crippen molar-refractivity contribution in [2.45, 2.75) is 52.4 Å². The first-order valence-electron chi connectivity index (χ1n) is 11.5. The fourth-order valence-electron chi connectivity index (χ4n) is 4.18. The highest BCUT2D eigenvalue weighted by Crippen LogP contribution is 2.39. The average molecular weight is 561 g/mol. The molecule has 0 radical (unpaired) electrons. The Morgan fingerprint density at radius 3 is 2.47 bits per heavy atom. The van der Waals surface area contributed by atoms with Gasteiger partial charge in [0, 0.05) is 27.2 Å². The molecule has 0 heterocycles. The smallest absolute Gasteiger partial charge is 0.230 e. The second kappa shape index (κ2) is 14.4. The number of hydrogen-bond donors (Lipinski definition) is 2. The summed E-state index contributed by atoms with van der Waals surface area (Å²) in [6, 6.07) is 6.10. The monoisotopic (exact) mass is 560 g/mol. The normalized spacial score (nSPS) is 15.0. The predicted molar refractivity (Wildman–Crippen MR) is 141 cm³/mol. The van der Waals surface area contributed by atoms with E-state index in [1.807, 2.05) is 27.1 Å². The first-order valence-corrected chi connectivity index (χ1v) is 11.5. The Hall–Kier alpha value is -1.71. The van der Waals surface area contributed by atoms with Crippen LogP contribution in [0.3, 0.4) is 0 Å². The molecule has 1 amide bonds. The number of methoxy groups -OCH3 is 1. The van der Waals surface area contributed by atoms with E-state index in [0.717, 1.165) is 69.1 Å². The van der Waals surface area contributed by atoms with Gasteiger partial charge in [0.25, 0.3) is 0 Å². The highest BCUT2D eigenvalue weighted by Gasteiger charge is 2.42. The average Bonchev–Trinajstić information content (AvgIpc) is 3.25. The van der Waals surface area contributed by atoms with Gasteiger partial charge in [0.05, 0.1) is 25.7 Å². The maximum Gasteiger partial charge on any atom is 0.230 e. The number of guanidine groups is 1. The summed E-state index contributed by atoms with van der Waals surface area (Å²) >= 11 is 0. The van der Waals surface area contributed by atoms with Crippen molar-refractivity contribution in [3.05, 3.63) is 23.8 Å². The van der Waals surface area contributed by atoms with Crippen molar-refractivity contribution in [2.75, 3.05) is 47.4 Å². The molecule has 182 valence electrons. The largest absolute Gasteiger partial charge is 0.493 e. The highest BCUT2D eigenvalue weighted by atomic mass is 127. The Morgan fingerprint density at radius 2 is 1.88 bits per heavy atom. The van der Waals surface area contributed by atoms with Crippen molar-refractivity contribution in [1.82, 2.24) is 15.5 Å². The van der Waals surface area contributed by atoms with Crippen LogP contribution >= 0.6 is 24.0 Å². The zero-order valence-corrected chi connectivity index (χ0v) is 22.7. The van der Waals surface area contributed by atoms with E-state index in [0.29, 0.717) is 13.2 Å². The predicted octanol–water partition coefficient (Wildman–Crippen LogP) is 3.85. The van der Waals surface area contributed by atoms with E-state index in [9.17, 15) is 4.79 Å². The highest BCUT2D eigenvalue weighted by molar-refractivity contribution is 14.0. The van der Waals surface area contributed by atoms with Crippen LogP contribution in [0.1, 0.15) is 51.5 Å². The first kappa shape index (κ1) is 28.3. The number of halogens is 1. The van der Waals surface area contributed by atoms with E-state index in [1.54, 1.807) is 12.0 Å². The molecule has 0 saturated heterocycles. The summed E-state index contributed by atoms with van der Waals surface area (Å²) in [7, 11) is 5.34. The van der Waals surface area contributed by atoms with Crippen molar-refractivity contribution in [2.24, 2.45) is 10.4 Å². The van der Waals surface area contributed by atoms with Crippen molar-refractivity contribution in [3.8, 4) is 11.5 Å². The fraction of sp³-hybridized carbons (Fsp3) is 0.667. The van der Waals surface area contributed by atoms with Gasteiger partial charge in [-0.05, 0) is 57.2 Å². The summed E-state index contributed by atoms with van der Waals surface area (Å²) in [4.78, 5) is 19.3. The Morgan fingerprint density at radius 1 is 1.16 bits per heavy atom. The minimum atomic E-state index is -0.343. The summed E-state index contributed by atoms with van der Waals surface area (Å²) in [5, 5.41) is 6.73. The van der Waals surface area contributed by atoms with Crippen LogP contribution in [0.2, 0.25) is 0 Å². The summed E-state index contributed by atoms with van der Waals surface area (Å²) in [6.45, 7) is 6.77. The lowest BCUT2D eigenvalue weighted by atomic mass is 9.85. The van der Waals surface area contributed by atoms with Gasteiger partial charge in [-0.1, -0.05) is 18.9 Å². The van der Waals surface area contributed by atoms with Gasteiger partial charge in [-0.2, -0.15) is 0 Å². The fourth-order valence-corrected chi connectivity index (χ4v) is 4.18. The Balaban J connectivity index is 0.00000512. The third-order valence-corrected chi connectivity index (χ3v) is 5.77. The molecule has 0 atom stereocenters. The number of ether oxygens (including phenoxy) is 2. The number of carbonyl (C=O) groups excluding carboxylic acids is 1. The Bertz CT molecular complexity index is 734. The molecule has 0 aliphatic heterocycles. The van der Waals surface area contributed by atoms with Gasteiger partial charge in [-0.25, -0.2) is 0 Å². The van der Waals surface area contributed by atoms with Gasteiger partial charge in [-0.3, -0.25) is 9.79 Å². The number of aryl methyl sites for hydroxylation is 1. The summed E-state index contributed by atoms with van der Waals surface area (Å²) < 4.78 is 11.0. The second-order valence-corrected chi connectivity index (χ2v) is 8.33. The molecule has 7 nitrogen and oxygen atoms in total. The molecule has 2 N–H and O–H groups in total. The quantitative estimate of drug-likeness (QED) is 0.186. The number of rotatable bonds is 11. The molecule has 0 spiro atoms. The number of amides is 1. The molecule has 1 aromatic carbocycles. The van der Waals surface area contributed by atoms with E-state index in [2.05, 4.69) is 29.7 Å². The van der Waals surface area contributed by atoms with Crippen molar-refractivity contribution in [1.29, 1.82) is 0 Å². The van der Waals surface area contributed by atoms with E-state index in [-0.39, 0.29) is 35.3 Å². The third kappa shape index (κ3) is 8.01. The van der Waals surface area contributed by atoms with Crippen molar-refractivity contribution < 1.29 is 14.3 Å². The molecule has 8 heteroatoms. The van der Waals surface area contributed by atoms with Gasteiger partial charge < -0.3 is 25.0 Å². The molecule has 1 aliphatic rings. The number of nitrogens with one attached hydrogen (secondary N) is 2. The van der Waals surface area contributed by atoms with E-state index >= 15 is 0 Å². The molecular formula is C24H41IN4O3. The van der Waals surface area contributed by atoms with Crippen LogP contribution in [-0.4, -0.2) is 64.2 Å². The van der Waals surface area contributed by atoms with Crippen LogP contribution in [0.15, 0.2) is 23.2 Å². The first-order chi connectivity index (χ1) is 15.0. The molecule has 32 heavy (non-hydrogen) atoms. The van der Waals surface area contributed by atoms with Gasteiger partial charge in [-0.15, -0.1) is 24.0 Å². The molecule has 0 unspecified atom stereocenters. The summed E-state index contributed by atoms with van der Waals surface area (Å²) in [5.41, 5.74) is 0.874. The molecule has 1 aromatic rings. The third-order valence-electron chi connectivity index (χ3n) is 5.77. The lowest BCUT2D eigenvalue weighted by Gasteiger charge is -2.29. The Kier molecular flexibility index (Phi) is 12.8. The van der Waals surface area contributed by atoms with Crippen LogP contribution in [0.25, 0.3) is 0 Å². The molecule has 2 rings (SSSR count). The number of carbonyl (C=O) groups is 1. The lowest BCUT2D eigenvalue weighted by Crippen LogP contribution is -2.43. The van der Waals surface area contributed by atoms with Gasteiger partial charge >= 0.3 is 0 Å². The van der Waals surface area contributed by atoms with Crippen molar-refractivity contribution >= 4 is 35.8 Å². The van der Waals surface area contributed by atoms with Crippen LogP contribution in [0.5, 0.6) is 11.5 Å². The van der Waals surface area contributed by atoms with E-state index in [1.165, 1.54) is 5.56 Å². The number of nitrogens with zero attached hydrogens (tertiary/aromatic N) is 2. The maximum atomic E-state index is 12.8. The molecule has 0 bridgehead atoms. The minimum Gasteiger partial charge on any atom is -0.493 e. The molecule has 1 aliphatic carbocycles. The second-order valence-electron chi connectivity index (χ2n) is 8.33. The van der Waals surface area contributed by atoms with Crippen LogP contribution in [0, 0.1) is 5.41 Å². The maximum absolute atomic E-state index is 12.8. The Labute approximate surface area is 210 Å². The zero-order valence-electron chi connectivity index (χ0n) is 20.3. The van der Waals surface area contributed by atoms with Crippen LogP contribution in [0.4, 0.5) is 0 Å². The minimum absolute atomic E-state index is 0. The lowest BCUT2D eigenvalue weighted by molar-refractivity contribution is -0.138. The number of aliphatic imine (C=N–C) groups is 1. The van der Waals surface area contributed by atoms with E-state index < -0.39 is 0 Å². The number of hydrogen-bond acceptors (Lipinski definition) is 4. The van der Waals surface area contributed by atoms with E-state index in [4.69, 9.17) is 14.5 Å². The van der Waals surface area contributed by atoms with Crippen LogP contribution in [-0.2, 0) is 11.2 Å². The molecule has 1 saturated carbocycles. The van der Waals surface area contributed by atoms with Gasteiger partial charge in [0.2, 0.25) is 5.91 Å². The zero-order chi connectivity index (χ0) is 22.7. The summed E-state index contributed by atoms with van der Waals surface area (Å²) in [6.07, 6.45) is 5.94. The number of benzene rings is 1. The van der Waals surface area contributed by atoms with Gasteiger partial charge in [0.15, 0.2) is 17.5 Å². The standard InChI is InChI=1S/C24H40N4O3.HI/c1-6-25-23(27-18-24(14-8-9-15-24)22(29)28(3)4)26-16-10-11-19-12-13-20(30-5)21(17-19)31-7-2;/h12-13,17H,6-11,14-16,18H2,1-5H3,(H2,25,26,27);1H. The SMILES string of the molecule is CCNC(=NCC1(C(=O)N(C)C)CCCC1)NCCCc1ccc(OC)c(OCC)c1.I. The van der Waals surface area contributed by atoms with Gasteiger partial charge in [0.1, 0.15) is 0 Å². The molecular weight excluding hydrogens is 519 g/mol. The molecule has 1 fully saturated rings.